The molecule has 0 bridgehead atoms. The van der Waals surface area contributed by atoms with Crippen molar-refractivity contribution in [2.75, 3.05) is 20.2 Å². The molecular weight excluding hydrogens is 408 g/mol. The molecule has 1 unspecified atom stereocenters. The van der Waals surface area contributed by atoms with Crippen molar-refractivity contribution in [2.24, 2.45) is 0 Å². The number of carbonyl (C=O) groups is 1. The van der Waals surface area contributed by atoms with Crippen LogP contribution < -0.4 is 4.74 Å². The van der Waals surface area contributed by atoms with Crippen molar-refractivity contribution >= 4 is 17.5 Å². The lowest BCUT2D eigenvalue weighted by Crippen LogP contribution is -2.33. The summed E-state index contributed by atoms with van der Waals surface area (Å²) in [7, 11) is 1.66. The van der Waals surface area contributed by atoms with Crippen molar-refractivity contribution < 1.29 is 9.53 Å². The fraction of sp³-hybridized carbons (Fsp3) is 0.269. The van der Waals surface area contributed by atoms with Gasteiger partial charge in [0.25, 0.3) is 0 Å². The van der Waals surface area contributed by atoms with Gasteiger partial charge >= 0.3 is 0 Å². The molecule has 1 amide bonds. The number of carbonyl (C=O) groups excluding carboxylic acids is 1. The van der Waals surface area contributed by atoms with Gasteiger partial charge in [0.05, 0.1) is 13.7 Å². The number of halogens is 1. The fourth-order valence-corrected chi connectivity index (χ4v) is 4.27. The first-order valence-electron chi connectivity index (χ1n) is 10.5. The second kappa shape index (κ2) is 9.54. The molecule has 1 fully saturated rings. The van der Waals surface area contributed by atoms with E-state index < -0.39 is 0 Å². The van der Waals surface area contributed by atoms with E-state index in [9.17, 15) is 4.79 Å². The lowest BCUT2D eigenvalue weighted by molar-refractivity contribution is -0.128. The van der Waals surface area contributed by atoms with Gasteiger partial charge in [0.1, 0.15) is 11.9 Å². The van der Waals surface area contributed by atoms with Crippen molar-refractivity contribution in [1.82, 2.24) is 9.80 Å². The van der Waals surface area contributed by atoms with E-state index in [1.165, 1.54) is 11.1 Å². The number of aryl methyl sites for hydroxylation is 1. The number of hydrogen-bond donors (Lipinski definition) is 0. The van der Waals surface area contributed by atoms with Crippen LogP contribution in [0.5, 0.6) is 5.75 Å². The van der Waals surface area contributed by atoms with Crippen LogP contribution in [0.15, 0.2) is 72.8 Å². The quantitative estimate of drug-likeness (QED) is 0.509. The topological polar surface area (TPSA) is 32.8 Å². The van der Waals surface area contributed by atoms with Crippen molar-refractivity contribution in [3.05, 3.63) is 100 Å². The molecule has 0 aromatic heterocycles. The first-order chi connectivity index (χ1) is 15.0. The van der Waals surface area contributed by atoms with Crippen LogP contribution in [-0.4, -0.2) is 35.9 Å². The summed E-state index contributed by atoms with van der Waals surface area (Å²) in [5.41, 5.74) is 4.50. The number of methoxy groups -OCH3 is 1. The van der Waals surface area contributed by atoms with Crippen molar-refractivity contribution in [2.45, 2.75) is 26.1 Å². The molecule has 31 heavy (non-hydrogen) atoms. The maximum absolute atomic E-state index is 13.1. The Balaban J connectivity index is 1.59. The van der Waals surface area contributed by atoms with Gasteiger partial charge in [-0.2, -0.15) is 0 Å². The van der Waals surface area contributed by atoms with E-state index in [0.29, 0.717) is 13.1 Å². The molecule has 4 nitrogen and oxygen atoms in total. The monoisotopic (exact) mass is 434 g/mol. The van der Waals surface area contributed by atoms with Crippen LogP contribution in [0.4, 0.5) is 0 Å². The molecule has 4 rings (SSSR count). The third-order valence-electron chi connectivity index (χ3n) is 5.81. The molecule has 160 valence electrons. The molecule has 1 aliphatic heterocycles. The SMILES string of the molecule is COc1ccc(CCN2C(=O)CN(Cc3ccccc3)C2c2ccc(Cl)c(C)c2)cc1. The minimum atomic E-state index is -0.109. The molecule has 1 saturated heterocycles. The van der Waals surface area contributed by atoms with Crippen LogP contribution in [-0.2, 0) is 17.8 Å². The zero-order valence-corrected chi connectivity index (χ0v) is 18.7. The lowest BCUT2D eigenvalue weighted by atomic mass is 10.1. The van der Waals surface area contributed by atoms with Gasteiger partial charge < -0.3 is 9.64 Å². The molecule has 0 spiro atoms. The van der Waals surface area contributed by atoms with E-state index >= 15 is 0 Å². The predicted octanol–water partition coefficient (Wildman–Crippen LogP) is 5.24. The molecule has 0 aliphatic carbocycles. The summed E-state index contributed by atoms with van der Waals surface area (Å²) in [5.74, 6) is 0.992. The van der Waals surface area contributed by atoms with E-state index in [4.69, 9.17) is 16.3 Å². The van der Waals surface area contributed by atoms with Crippen LogP contribution in [0.1, 0.15) is 28.4 Å². The minimum absolute atomic E-state index is 0.109. The molecule has 5 heteroatoms. The normalized spacial score (nSPS) is 16.7. The number of nitrogens with zero attached hydrogens (tertiary/aromatic N) is 2. The third kappa shape index (κ3) is 4.92. The number of hydrogen-bond acceptors (Lipinski definition) is 3. The number of amides is 1. The summed E-state index contributed by atoms with van der Waals surface area (Å²) >= 11 is 6.28. The van der Waals surface area contributed by atoms with Gasteiger partial charge in [-0.25, -0.2) is 0 Å². The molecular formula is C26H27ClN2O2. The summed E-state index contributed by atoms with van der Waals surface area (Å²) in [6.07, 6.45) is 0.680. The molecule has 1 heterocycles. The van der Waals surface area contributed by atoms with Gasteiger partial charge in [-0.3, -0.25) is 9.69 Å². The van der Waals surface area contributed by atoms with Gasteiger partial charge in [-0.15, -0.1) is 0 Å². The lowest BCUT2D eigenvalue weighted by Gasteiger charge is -2.31. The van der Waals surface area contributed by atoms with Crippen molar-refractivity contribution in [3.63, 3.8) is 0 Å². The maximum Gasteiger partial charge on any atom is 0.238 e. The van der Waals surface area contributed by atoms with Gasteiger partial charge in [0.2, 0.25) is 5.91 Å². The third-order valence-corrected chi connectivity index (χ3v) is 6.23. The number of benzene rings is 3. The van der Waals surface area contributed by atoms with E-state index in [1.54, 1.807) is 7.11 Å². The summed E-state index contributed by atoms with van der Waals surface area (Å²) in [5, 5.41) is 0.743. The Bertz CT molecular complexity index is 1040. The smallest absolute Gasteiger partial charge is 0.238 e. The Morgan fingerprint density at radius 3 is 2.42 bits per heavy atom. The first kappa shape index (κ1) is 21.4. The van der Waals surface area contributed by atoms with Gasteiger partial charge in [0.15, 0.2) is 0 Å². The Kier molecular flexibility index (Phi) is 6.59. The Labute approximate surface area is 189 Å². The molecule has 3 aromatic carbocycles. The highest BCUT2D eigenvalue weighted by molar-refractivity contribution is 6.31. The van der Waals surface area contributed by atoms with Crippen LogP contribution in [0.2, 0.25) is 5.02 Å². The largest absolute Gasteiger partial charge is 0.497 e. The van der Waals surface area contributed by atoms with Crippen LogP contribution >= 0.6 is 11.6 Å². The standard InChI is InChI=1S/C26H27ClN2O2/c1-19-16-22(10-13-24(19)27)26-28(17-21-6-4-3-5-7-21)18-25(30)29(26)15-14-20-8-11-23(31-2)12-9-20/h3-13,16,26H,14-15,17-18H2,1-2H3. The zero-order chi connectivity index (χ0) is 21.8. The summed E-state index contributed by atoms with van der Waals surface area (Å²) in [6.45, 7) is 3.79. The molecule has 0 radical (unpaired) electrons. The van der Waals surface area contributed by atoms with Crippen molar-refractivity contribution in [3.8, 4) is 5.75 Å². The Morgan fingerprint density at radius 2 is 1.74 bits per heavy atom. The molecule has 0 N–H and O–H groups in total. The summed E-state index contributed by atoms with van der Waals surface area (Å²) in [4.78, 5) is 17.3. The average Bonchev–Trinajstić information content (AvgIpc) is 3.09. The predicted molar refractivity (Wildman–Crippen MR) is 124 cm³/mol. The van der Waals surface area contributed by atoms with Gasteiger partial charge in [-0.1, -0.05) is 66.2 Å². The summed E-state index contributed by atoms with van der Waals surface area (Å²) < 4.78 is 5.25. The molecule has 0 saturated carbocycles. The highest BCUT2D eigenvalue weighted by atomic mass is 35.5. The van der Waals surface area contributed by atoms with E-state index in [0.717, 1.165) is 34.9 Å². The minimum Gasteiger partial charge on any atom is -0.497 e. The molecule has 1 atom stereocenters. The van der Waals surface area contributed by atoms with Crippen LogP contribution in [0, 0.1) is 6.92 Å². The number of rotatable bonds is 7. The van der Waals surface area contributed by atoms with Crippen LogP contribution in [0.3, 0.4) is 0 Å². The van der Waals surface area contributed by atoms with Gasteiger partial charge in [0, 0.05) is 18.1 Å². The Morgan fingerprint density at radius 1 is 1.00 bits per heavy atom. The van der Waals surface area contributed by atoms with Crippen molar-refractivity contribution in [1.29, 1.82) is 0 Å². The zero-order valence-electron chi connectivity index (χ0n) is 17.9. The molecule has 3 aromatic rings. The fourth-order valence-electron chi connectivity index (χ4n) is 4.15. The number of ether oxygens (including phenoxy) is 1. The van der Waals surface area contributed by atoms with E-state index in [2.05, 4.69) is 35.2 Å². The van der Waals surface area contributed by atoms with E-state index in [1.807, 2.05) is 54.3 Å². The van der Waals surface area contributed by atoms with Crippen LogP contribution in [0.25, 0.3) is 0 Å². The first-order valence-corrected chi connectivity index (χ1v) is 10.9. The highest BCUT2D eigenvalue weighted by Gasteiger charge is 2.38. The molecule has 1 aliphatic rings. The second-order valence-electron chi connectivity index (χ2n) is 7.96. The van der Waals surface area contributed by atoms with Gasteiger partial charge in [-0.05, 0) is 53.8 Å². The maximum atomic E-state index is 13.1. The van der Waals surface area contributed by atoms with E-state index in [-0.39, 0.29) is 12.1 Å². The average molecular weight is 435 g/mol. The summed E-state index contributed by atoms with van der Waals surface area (Å²) in [6, 6.07) is 24.4. The highest BCUT2D eigenvalue weighted by Crippen LogP contribution is 2.34. The Hall–Kier alpha value is -2.82. The second-order valence-corrected chi connectivity index (χ2v) is 8.37.